The Labute approximate surface area is 69.4 Å². The van der Waals surface area contributed by atoms with Crippen LogP contribution in [0.25, 0.3) is 0 Å². The van der Waals surface area contributed by atoms with E-state index >= 15 is 0 Å². The monoisotopic (exact) mass is 176 g/mol. The zero-order valence-electron chi connectivity index (χ0n) is 6.68. The van der Waals surface area contributed by atoms with Crippen molar-refractivity contribution in [2.24, 2.45) is 0 Å². The van der Waals surface area contributed by atoms with Crippen molar-refractivity contribution in [3.63, 3.8) is 0 Å². The van der Waals surface area contributed by atoms with Crippen LogP contribution in [0.1, 0.15) is 19.8 Å². The third kappa shape index (κ3) is 3.86. The molecule has 0 saturated carbocycles. The molecule has 12 heavy (non-hydrogen) atoms. The Morgan fingerprint density at radius 1 is 1.67 bits per heavy atom. The van der Waals surface area contributed by atoms with E-state index in [9.17, 15) is 13.6 Å². The molecule has 0 heterocycles. The minimum Gasteiger partial charge on any atom is -0.335 e. The summed E-state index contributed by atoms with van der Waals surface area (Å²) in [4.78, 5) is 10.4. The van der Waals surface area contributed by atoms with E-state index in [0.29, 0.717) is 12.8 Å². The van der Waals surface area contributed by atoms with E-state index in [1.54, 1.807) is 13.0 Å². The van der Waals surface area contributed by atoms with Gasteiger partial charge < -0.3 is 5.32 Å². The molecule has 0 rings (SSSR count). The molecule has 1 atom stereocenters. The lowest BCUT2D eigenvalue weighted by Gasteiger charge is -2.08. The van der Waals surface area contributed by atoms with Crippen molar-refractivity contribution in [2.45, 2.75) is 32.2 Å². The molecular weight excluding hydrogens is 166 g/mol. The topological polar surface area (TPSA) is 52.9 Å². The number of rotatable bonds is 4. The van der Waals surface area contributed by atoms with Gasteiger partial charge in [0.1, 0.15) is 6.04 Å². The highest BCUT2D eigenvalue weighted by Gasteiger charge is 2.18. The lowest BCUT2D eigenvalue weighted by Crippen LogP contribution is -2.37. The normalized spacial score (nSPS) is 12.2. The van der Waals surface area contributed by atoms with E-state index in [2.05, 4.69) is 0 Å². The molecule has 0 spiro atoms. The first-order valence-electron chi connectivity index (χ1n) is 3.60. The fraction of sp³-hybridized carbons (Fsp3) is 0.714. The summed E-state index contributed by atoms with van der Waals surface area (Å²) < 4.78 is 23.3. The Bertz CT molecular complexity index is 188. The maximum Gasteiger partial charge on any atom is 0.315 e. The first-order valence-corrected chi connectivity index (χ1v) is 3.60. The van der Waals surface area contributed by atoms with E-state index in [1.807, 2.05) is 5.32 Å². The zero-order valence-corrected chi connectivity index (χ0v) is 6.68. The van der Waals surface area contributed by atoms with Gasteiger partial charge >= 0.3 is 6.43 Å². The molecule has 1 N–H and O–H groups in total. The van der Waals surface area contributed by atoms with Gasteiger partial charge in [-0.2, -0.15) is 14.0 Å². The Hall–Kier alpha value is -1.18. The molecule has 0 bridgehead atoms. The third-order valence-corrected chi connectivity index (χ3v) is 1.25. The van der Waals surface area contributed by atoms with E-state index in [4.69, 9.17) is 5.26 Å². The Morgan fingerprint density at radius 3 is 2.58 bits per heavy atom. The molecule has 0 fully saturated rings. The molecule has 3 nitrogen and oxygen atoms in total. The van der Waals surface area contributed by atoms with E-state index < -0.39 is 18.4 Å². The van der Waals surface area contributed by atoms with Crippen LogP contribution >= 0.6 is 0 Å². The average molecular weight is 176 g/mol. The van der Waals surface area contributed by atoms with Crippen LogP contribution in [0.2, 0.25) is 0 Å². The summed E-state index contributed by atoms with van der Waals surface area (Å²) >= 11 is 0. The fourth-order valence-corrected chi connectivity index (χ4v) is 0.692. The Balaban J connectivity index is 3.88. The smallest absolute Gasteiger partial charge is 0.315 e. The summed E-state index contributed by atoms with van der Waals surface area (Å²) in [6, 6.07) is 0.929. The molecule has 0 aromatic rings. The lowest BCUT2D eigenvalue weighted by atomic mass is 10.2. The van der Waals surface area contributed by atoms with E-state index in [-0.39, 0.29) is 0 Å². The predicted molar refractivity (Wildman–Crippen MR) is 38.5 cm³/mol. The molecule has 0 aliphatic rings. The molecule has 0 aliphatic carbocycles. The zero-order chi connectivity index (χ0) is 9.56. The van der Waals surface area contributed by atoms with Crippen molar-refractivity contribution in [3.8, 4) is 6.07 Å². The molecule has 0 aliphatic heterocycles. The van der Waals surface area contributed by atoms with Crippen molar-refractivity contribution in [1.29, 1.82) is 5.26 Å². The largest absolute Gasteiger partial charge is 0.335 e. The minimum atomic E-state index is -3.04. The van der Waals surface area contributed by atoms with Gasteiger partial charge in [-0.25, -0.2) is 0 Å². The van der Waals surface area contributed by atoms with Crippen LogP contribution in [-0.4, -0.2) is 18.4 Å². The summed E-state index contributed by atoms with van der Waals surface area (Å²) in [7, 11) is 0. The Morgan fingerprint density at radius 2 is 2.25 bits per heavy atom. The number of hydrogen-bond acceptors (Lipinski definition) is 2. The highest BCUT2D eigenvalue weighted by Crippen LogP contribution is 1.97. The maximum atomic E-state index is 11.6. The number of halogens is 2. The maximum absolute atomic E-state index is 11.6. The van der Waals surface area contributed by atoms with Crippen LogP contribution < -0.4 is 5.32 Å². The first-order chi connectivity index (χ1) is 5.61. The van der Waals surface area contributed by atoms with Crippen LogP contribution in [0.4, 0.5) is 8.78 Å². The van der Waals surface area contributed by atoms with Gasteiger partial charge in [0.05, 0.1) is 6.07 Å². The number of carbonyl (C=O) groups excluding carboxylic acids is 1. The number of hydrogen-bond donors (Lipinski definition) is 1. The first kappa shape index (κ1) is 10.8. The van der Waals surface area contributed by atoms with Crippen LogP contribution in [0.3, 0.4) is 0 Å². The molecule has 0 saturated heterocycles. The van der Waals surface area contributed by atoms with Gasteiger partial charge in [-0.15, -0.1) is 0 Å². The summed E-state index contributed by atoms with van der Waals surface area (Å²) in [5, 5.41) is 10.3. The van der Waals surface area contributed by atoms with E-state index in [0.717, 1.165) is 0 Å². The molecule has 0 aromatic heterocycles. The quantitative estimate of drug-likeness (QED) is 0.696. The van der Waals surface area contributed by atoms with Gasteiger partial charge in [0.2, 0.25) is 0 Å². The highest BCUT2D eigenvalue weighted by molar-refractivity contribution is 5.79. The summed E-state index contributed by atoms with van der Waals surface area (Å²) in [5.74, 6) is -1.38. The number of nitrogens with zero attached hydrogens (tertiary/aromatic N) is 1. The van der Waals surface area contributed by atoms with Gasteiger partial charge in [-0.05, 0) is 6.42 Å². The van der Waals surface area contributed by atoms with Crippen molar-refractivity contribution >= 4 is 5.91 Å². The van der Waals surface area contributed by atoms with Gasteiger partial charge in [0.25, 0.3) is 5.91 Å². The molecule has 68 valence electrons. The Kier molecular flexibility index (Phi) is 4.93. The predicted octanol–water partition coefficient (Wildman–Crippen LogP) is 1.06. The molecule has 5 heteroatoms. The SMILES string of the molecule is CCCC(C#N)NC(=O)C(F)F. The lowest BCUT2D eigenvalue weighted by molar-refractivity contribution is -0.132. The number of alkyl halides is 2. The van der Waals surface area contributed by atoms with Crippen LogP contribution in [-0.2, 0) is 4.79 Å². The number of nitrogens with one attached hydrogen (secondary N) is 1. The van der Waals surface area contributed by atoms with Crippen molar-refractivity contribution in [3.05, 3.63) is 0 Å². The number of amides is 1. The minimum absolute atomic E-state index is 0.398. The van der Waals surface area contributed by atoms with Crippen LogP contribution in [0.15, 0.2) is 0 Å². The van der Waals surface area contributed by atoms with Gasteiger partial charge in [0, 0.05) is 0 Å². The van der Waals surface area contributed by atoms with Gasteiger partial charge in [-0.1, -0.05) is 13.3 Å². The number of nitriles is 1. The average Bonchev–Trinajstić information content (AvgIpc) is 2.03. The molecule has 1 amide bonds. The van der Waals surface area contributed by atoms with Gasteiger partial charge in [0.15, 0.2) is 0 Å². The van der Waals surface area contributed by atoms with Crippen molar-refractivity contribution in [1.82, 2.24) is 5.32 Å². The molecule has 0 aromatic carbocycles. The molecule has 0 radical (unpaired) electrons. The summed E-state index contributed by atoms with van der Waals surface area (Å²) in [6.07, 6.45) is -1.98. The second-order valence-electron chi connectivity index (χ2n) is 2.28. The standard InChI is InChI=1S/C7H10F2N2O/c1-2-3-5(4-10)11-7(12)6(8)9/h5-6H,2-3H2,1H3,(H,11,12). The second-order valence-corrected chi connectivity index (χ2v) is 2.28. The second kappa shape index (κ2) is 5.47. The van der Waals surface area contributed by atoms with Crippen LogP contribution in [0.5, 0.6) is 0 Å². The molecular formula is C7H10F2N2O. The third-order valence-electron chi connectivity index (χ3n) is 1.25. The summed E-state index contributed by atoms with van der Waals surface area (Å²) in [6.45, 7) is 1.80. The van der Waals surface area contributed by atoms with E-state index in [1.165, 1.54) is 0 Å². The fourth-order valence-electron chi connectivity index (χ4n) is 0.692. The van der Waals surface area contributed by atoms with Gasteiger partial charge in [-0.3, -0.25) is 4.79 Å². The van der Waals surface area contributed by atoms with Crippen LogP contribution in [0, 0.1) is 11.3 Å². The summed E-state index contributed by atoms with van der Waals surface area (Å²) in [5.41, 5.74) is 0. The van der Waals surface area contributed by atoms with Crippen molar-refractivity contribution < 1.29 is 13.6 Å². The number of carbonyl (C=O) groups is 1. The molecule has 1 unspecified atom stereocenters. The van der Waals surface area contributed by atoms with Crippen molar-refractivity contribution in [2.75, 3.05) is 0 Å². The highest BCUT2D eigenvalue weighted by atomic mass is 19.3.